The zero-order chi connectivity index (χ0) is 9.84. The minimum absolute atomic E-state index is 0.239. The fourth-order valence-electron chi connectivity index (χ4n) is 1.19. The van der Waals surface area contributed by atoms with Crippen LogP contribution < -0.4 is 0 Å². The van der Waals surface area contributed by atoms with Crippen molar-refractivity contribution in [2.45, 2.75) is 20.0 Å². The number of esters is 1. The van der Waals surface area contributed by atoms with Crippen LogP contribution in [0.1, 0.15) is 13.8 Å². The van der Waals surface area contributed by atoms with Gasteiger partial charge in [0.05, 0.1) is 12.7 Å². The van der Waals surface area contributed by atoms with Gasteiger partial charge in [0.15, 0.2) is 0 Å². The lowest BCUT2D eigenvalue weighted by Crippen LogP contribution is -2.22. The summed E-state index contributed by atoms with van der Waals surface area (Å²) in [5.41, 5.74) is 0. The first-order valence-corrected chi connectivity index (χ1v) is 4.17. The first-order chi connectivity index (χ1) is 6.11. The van der Waals surface area contributed by atoms with Crippen molar-refractivity contribution in [3.8, 4) is 0 Å². The van der Waals surface area contributed by atoms with Gasteiger partial charge in [-0.05, 0) is 26.2 Å². The zero-order valence-electron chi connectivity index (χ0n) is 7.78. The number of carbonyl (C=O) groups excluding carboxylic acids is 1. The Morgan fingerprint density at radius 1 is 1.62 bits per heavy atom. The molecule has 0 aromatic carbocycles. The number of rotatable bonds is 3. The molecule has 1 N–H and O–H groups in total. The average Bonchev–Trinajstić information content (AvgIpc) is 2.47. The summed E-state index contributed by atoms with van der Waals surface area (Å²) in [6, 6.07) is 0. The van der Waals surface area contributed by atoms with Crippen molar-refractivity contribution in [1.82, 2.24) is 0 Å². The van der Waals surface area contributed by atoms with E-state index < -0.39 is 6.10 Å². The molecule has 0 saturated heterocycles. The quantitative estimate of drug-likeness (QED) is 0.652. The van der Waals surface area contributed by atoms with Crippen molar-refractivity contribution in [2.24, 2.45) is 0 Å². The molecule has 0 aliphatic heterocycles. The van der Waals surface area contributed by atoms with Crippen molar-refractivity contribution in [2.75, 3.05) is 6.61 Å². The van der Waals surface area contributed by atoms with Crippen LogP contribution in [0.3, 0.4) is 0 Å². The average molecular weight is 181 g/mol. The summed E-state index contributed by atoms with van der Waals surface area (Å²) in [5, 5.41) is 9.32. The van der Waals surface area contributed by atoms with Crippen LogP contribution in [0.15, 0.2) is 0 Å². The van der Waals surface area contributed by atoms with Gasteiger partial charge in [-0.3, -0.25) is 4.79 Å². The van der Waals surface area contributed by atoms with Gasteiger partial charge in [0.2, 0.25) is 0 Å². The highest BCUT2D eigenvalue weighted by Gasteiger charge is 2.33. The minimum Gasteiger partial charge on any atom is -0.465 e. The first kappa shape index (κ1) is 10.5. The Morgan fingerprint density at radius 2 is 2.31 bits per heavy atom. The predicted molar refractivity (Wildman–Crippen MR) is 47.7 cm³/mol. The van der Waals surface area contributed by atoms with Gasteiger partial charge in [0.25, 0.3) is 0 Å². The van der Waals surface area contributed by atoms with Crippen molar-refractivity contribution in [3.05, 3.63) is 31.1 Å². The lowest BCUT2D eigenvalue weighted by molar-refractivity contribution is -0.140. The number of hydrogen-bond donors (Lipinski definition) is 1. The second-order valence-electron chi connectivity index (χ2n) is 2.96. The van der Waals surface area contributed by atoms with Crippen LogP contribution in [-0.4, -0.2) is 23.8 Å². The lowest BCUT2D eigenvalue weighted by Gasteiger charge is -2.19. The van der Waals surface area contributed by atoms with E-state index in [1.165, 1.54) is 6.92 Å². The molecule has 0 spiro atoms. The fraction of sp³-hybridized carbons (Fsp3) is 0.400. The summed E-state index contributed by atoms with van der Waals surface area (Å²) < 4.78 is 4.83. The van der Waals surface area contributed by atoms with Crippen LogP contribution in [0.4, 0.5) is 0 Å². The van der Waals surface area contributed by atoms with Gasteiger partial charge in [0, 0.05) is 18.8 Å². The number of hydrogen-bond acceptors (Lipinski definition) is 3. The maximum absolute atomic E-state index is 10.5. The fourth-order valence-corrected chi connectivity index (χ4v) is 1.19. The minimum atomic E-state index is -0.513. The normalized spacial score (nSPS) is 21.8. The Kier molecular flexibility index (Phi) is 3.72. The van der Waals surface area contributed by atoms with E-state index in [2.05, 4.69) is 0 Å². The molecular formula is C10H13O3. The second-order valence-corrected chi connectivity index (χ2v) is 2.96. The van der Waals surface area contributed by atoms with Crippen LogP contribution in [-0.2, 0) is 9.53 Å². The molecule has 0 aromatic rings. The van der Waals surface area contributed by atoms with Gasteiger partial charge >= 0.3 is 5.97 Å². The number of carbonyl (C=O) groups is 1. The molecule has 0 heterocycles. The van der Waals surface area contributed by atoms with Crippen molar-refractivity contribution in [1.29, 1.82) is 0 Å². The molecule has 1 aliphatic rings. The number of aliphatic hydroxyl groups excluding tert-OH is 1. The van der Waals surface area contributed by atoms with E-state index in [9.17, 15) is 9.90 Å². The van der Waals surface area contributed by atoms with Crippen molar-refractivity contribution >= 4 is 5.97 Å². The summed E-state index contributed by atoms with van der Waals surface area (Å²) in [6.45, 7) is 3.29. The molecule has 1 fully saturated rings. The third-order valence-electron chi connectivity index (χ3n) is 1.83. The van der Waals surface area contributed by atoms with Crippen molar-refractivity contribution in [3.63, 3.8) is 0 Å². The molecular weight excluding hydrogens is 168 g/mol. The van der Waals surface area contributed by atoms with E-state index in [1.807, 2.05) is 19.3 Å². The monoisotopic (exact) mass is 181 g/mol. The highest BCUT2D eigenvalue weighted by Crippen LogP contribution is 2.35. The van der Waals surface area contributed by atoms with E-state index in [0.717, 1.165) is 11.8 Å². The van der Waals surface area contributed by atoms with Gasteiger partial charge < -0.3 is 9.84 Å². The topological polar surface area (TPSA) is 46.5 Å². The molecule has 1 saturated carbocycles. The maximum Gasteiger partial charge on any atom is 0.302 e. The van der Waals surface area contributed by atoms with Crippen LogP contribution in [0.5, 0.6) is 0 Å². The zero-order valence-corrected chi connectivity index (χ0v) is 7.78. The smallest absolute Gasteiger partial charge is 0.302 e. The van der Waals surface area contributed by atoms with Gasteiger partial charge in [-0.2, -0.15) is 0 Å². The van der Waals surface area contributed by atoms with Crippen LogP contribution >= 0.6 is 0 Å². The third kappa shape index (κ3) is 2.99. The molecule has 3 nitrogen and oxygen atoms in total. The molecule has 0 unspecified atom stereocenters. The highest BCUT2D eigenvalue weighted by atomic mass is 16.5. The molecule has 71 valence electrons. The summed E-state index contributed by atoms with van der Waals surface area (Å²) in [6.07, 6.45) is 4.98. The number of aliphatic hydroxyl groups is 1. The Hall–Kier alpha value is -0.570. The van der Waals surface area contributed by atoms with Crippen molar-refractivity contribution < 1.29 is 14.6 Å². The summed E-state index contributed by atoms with van der Waals surface area (Å²) in [5.74, 6) is 1.38. The molecule has 0 aromatic heterocycles. The Morgan fingerprint density at radius 3 is 2.85 bits per heavy atom. The van der Waals surface area contributed by atoms with Gasteiger partial charge in [-0.25, -0.2) is 0 Å². The Labute approximate surface area is 79.1 Å². The third-order valence-corrected chi connectivity index (χ3v) is 1.83. The van der Waals surface area contributed by atoms with E-state index in [4.69, 9.17) is 4.74 Å². The molecule has 5 radical (unpaired) electrons. The Bertz CT molecular complexity index is 177. The standard InChI is InChI=1S/C10H13O3/c1-7(11)10-5-3-4-9(10)6-13-8(2)12/h3-5,7,11H,6H2,1-2H3/t7-/m0/s1. The molecule has 0 bridgehead atoms. The Balaban J connectivity index is 2.35. The van der Waals surface area contributed by atoms with Gasteiger partial charge in [0.1, 0.15) is 0 Å². The largest absolute Gasteiger partial charge is 0.465 e. The van der Waals surface area contributed by atoms with Gasteiger partial charge in [-0.15, -0.1) is 0 Å². The predicted octanol–water partition coefficient (Wildman–Crippen LogP) is 0.706. The molecule has 3 heteroatoms. The second kappa shape index (κ2) is 4.61. The molecule has 13 heavy (non-hydrogen) atoms. The summed E-state index contributed by atoms with van der Waals surface area (Å²) in [4.78, 5) is 10.5. The van der Waals surface area contributed by atoms with E-state index in [0.29, 0.717) is 0 Å². The molecule has 1 atom stereocenters. The SMILES string of the molecule is CC(=O)OC[C]1[CH][CH][CH][C]1[C@H](C)O. The van der Waals surface area contributed by atoms with Gasteiger partial charge in [-0.1, -0.05) is 0 Å². The lowest BCUT2D eigenvalue weighted by atomic mass is 9.92. The molecule has 1 rings (SSSR count). The van der Waals surface area contributed by atoms with E-state index in [-0.39, 0.29) is 12.6 Å². The molecule has 0 amide bonds. The maximum atomic E-state index is 10.5. The van der Waals surface area contributed by atoms with Crippen LogP contribution in [0.2, 0.25) is 0 Å². The van der Waals surface area contributed by atoms with E-state index >= 15 is 0 Å². The molecule has 1 aliphatic carbocycles. The highest BCUT2D eigenvalue weighted by molar-refractivity contribution is 5.66. The van der Waals surface area contributed by atoms with E-state index in [1.54, 1.807) is 6.92 Å². The number of ether oxygens (including phenoxy) is 1. The summed E-state index contributed by atoms with van der Waals surface area (Å²) in [7, 11) is 0. The summed E-state index contributed by atoms with van der Waals surface area (Å²) >= 11 is 0. The van der Waals surface area contributed by atoms with Crippen LogP contribution in [0.25, 0.3) is 0 Å². The van der Waals surface area contributed by atoms with Crippen LogP contribution in [0, 0.1) is 31.1 Å². The first-order valence-electron chi connectivity index (χ1n) is 4.17.